The molecule has 0 saturated carbocycles. The molecule has 0 aromatic heterocycles. The minimum atomic E-state index is -0.275. The van der Waals surface area contributed by atoms with Gasteiger partial charge in [-0.05, 0) is 26.7 Å². The number of rotatable bonds is 4. The summed E-state index contributed by atoms with van der Waals surface area (Å²) in [5.41, 5.74) is 0. The van der Waals surface area contributed by atoms with E-state index in [0.29, 0.717) is 19.6 Å². The molecular weight excluding hydrogens is 232 g/mol. The molecule has 0 bridgehead atoms. The Bertz CT molecular complexity index is 324. The van der Waals surface area contributed by atoms with Crippen LogP contribution in [0.1, 0.15) is 33.1 Å². The fraction of sp³-hybridized carbons (Fsp3) is 0.846. The van der Waals surface area contributed by atoms with Crippen LogP contribution in [0.3, 0.4) is 0 Å². The van der Waals surface area contributed by atoms with Crippen molar-refractivity contribution < 1.29 is 14.3 Å². The van der Waals surface area contributed by atoms with Gasteiger partial charge in [-0.1, -0.05) is 0 Å². The van der Waals surface area contributed by atoms with Crippen LogP contribution in [0.15, 0.2) is 0 Å². The van der Waals surface area contributed by atoms with Crippen molar-refractivity contribution in [3.8, 4) is 0 Å². The predicted octanol–water partition coefficient (Wildman–Crippen LogP) is 0.538. The number of carbonyl (C=O) groups excluding carboxylic acids is 2. The molecule has 18 heavy (non-hydrogen) atoms. The van der Waals surface area contributed by atoms with Crippen LogP contribution >= 0.6 is 0 Å². The van der Waals surface area contributed by atoms with E-state index in [4.69, 9.17) is 4.74 Å². The predicted molar refractivity (Wildman–Crippen MR) is 66.9 cm³/mol. The molecule has 2 unspecified atom stereocenters. The number of likely N-dealkylation sites (tertiary alicyclic amines) is 1. The average Bonchev–Trinajstić information content (AvgIpc) is 2.94. The van der Waals surface area contributed by atoms with Gasteiger partial charge in [-0.3, -0.25) is 9.59 Å². The zero-order valence-corrected chi connectivity index (χ0v) is 11.1. The molecule has 0 aromatic rings. The topological polar surface area (TPSA) is 58.6 Å². The van der Waals surface area contributed by atoms with Gasteiger partial charge in [0.1, 0.15) is 6.10 Å². The highest BCUT2D eigenvalue weighted by Gasteiger charge is 2.32. The summed E-state index contributed by atoms with van der Waals surface area (Å²) in [6.07, 6.45) is 2.04. The zero-order valence-electron chi connectivity index (χ0n) is 11.1. The van der Waals surface area contributed by atoms with Crippen LogP contribution in [0.25, 0.3) is 0 Å². The maximum absolute atomic E-state index is 11.8. The van der Waals surface area contributed by atoms with Crippen molar-refractivity contribution in [3.63, 3.8) is 0 Å². The van der Waals surface area contributed by atoms with Gasteiger partial charge in [0.25, 0.3) is 0 Å². The normalized spacial score (nSPS) is 28.2. The molecule has 2 amide bonds. The van der Waals surface area contributed by atoms with Crippen molar-refractivity contribution in [2.24, 2.45) is 5.92 Å². The number of hydrogen-bond donors (Lipinski definition) is 1. The lowest BCUT2D eigenvalue weighted by atomic mass is 10.1. The van der Waals surface area contributed by atoms with Gasteiger partial charge in [-0.15, -0.1) is 0 Å². The van der Waals surface area contributed by atoms with Gasteiger partial charge < -0.3 is 15.0 Å². The summed E-state index contributed by atoms with van der Waals surface area (Å²) in [5, 5.41) is 2.90. The summed E-state index contributed by atoms with van der Waals surface area (Å²) < 4.78 is 5.32. The van der Waals surface area contributed by atoms with Gasteiger partial charge in [0.05, 0.1) is 0 Å². The molecule has 0 aliphatic carbocycles. The van der Waals surface area contributed by atoms with Crippen molar-refractivity contribution >= 4 is 11.8 Å². The van der Waals surface area contributed by atoms with E-state index in [0.717, 1.165) is 19.4 Å². The molecule has 2 fully saturated rings. The smallest absolute Gasteiger partial charge is 0.249 e. The molecule has 2 aliphatic heterocycles. The minimum Gasteiger partial charge on any atom is -0.368 e. The molecule has 2 heterocycles. The summed E-state index contributed by atoms with van der Waals surface area (Å²) in [5.74, 6) is 0.412. The minimum absolute atomic E-state index is 0.0251. The summed E-state index contributed by atoms with van der Waals surface area (Å²) in [7, 11) is 0. The fourth-order valence-corrected chi connectivity index (χ4v) is 2.59. The highest BCUT2D eigenvalue weighted by Crippen LogP contribution is 2.19. The zero-order chi connectivity index (χ0) is 13.1. The van der Waals surface area contributed by atoms with Crippen LogP contribution < -0.4 is 5.32 Å². The van der Waals surface area contributed by atoms with Crippen LogP contribution in [0.2, 0.25) is 0 Å². The van der Waals surface area contributed by atoms with Crippen LogP contribution in [-0.2, 0) is 14.3 Å². The Labute approximate surface area is 108 Å². The molecule has 102 valence electrons. The van der Waals surface area contributed by atoms with E-state index in [1.54, 1.807) is 0 Å². The van der Waals surface area contributed by atoms with Gasteiger partial charge in [-0.2, -0.15) is 0 Å². The van der Waals surface area contributed by atoms with Crippen LogP contribution in [0.4, 0.5) is 0 Å². The lowest BCUT2D eigenvalue weighted by molar-refractivity contribution is -0.130. The largest absolute Gasteiger partial charge is 0.368 e. The molecule has 2 aliphatic rings. The maximum Gasteiger partial charge on any atom is 0.249 e. The monoisotopic (exact) mass is 254 g/mol. The number of ether oxygens (including phenoxy) is 1. The number of amides is 2. The highest BCUT2D eigenvalue weighted by atomic mass is 16.5. The number of carbonyl (C=O) groups is 2. The lowest BCUT2D eigenvalue weighted by Gasteiger charge is -2.21. The Morgan fingerprint density at radius 1 is 1.56 bits per heavy atom. The Morgan fingerprint density at radius 2 is 2.33 bits per heavy atom. The average molecular weight is 254 g/mol. The van der Waals surface area contributed by atoms with Gasteiger partial charge in [0, 0.05) is 38.1 Å². The van der Waals surface area contributed by atoms with E-state index in [1.165, 1.54) is 0 Å². The summed E-state index contributed by atoms with van der Waals surface area (Å²) >= 11 is 0. The van der Waals surface area contributed by atoms with Gasteiger partial charge in [0.15, 0.2) is 0 Å². The molecule has 5 nitrogen and oxygen atoms in total. The molecule has 0 radical (unpaired) electrons. The van der Waals surface area contributed by atoms with Crippen molar-refractivity contribution in [1.29, 1.82) is 0 Å². The second-order valence-corrected chi connectivity index (χ2v) is 5.46. The summed E-state index contributed by atoms with van der Waals surface area (Å²) in [6, 6.07) is 0.247. The molecule has 2 saturated heterocycles. The van der Waals surface area contributed by atoms with Gasteiger partial charge >= 0.3 is 0 Å². The Kier molecular flexibility index (Phi) is 4.22. The van der Waals surface area contributed by atoms with E-state index >= 15 is 0 Å². The molecular formula is C13H22N2O3. The van der Waals surface area contributed by atoms with Crippen LogP contribution in [0.5, 0.6) is 0 Å². The second kappa shape index (κ2) is 5.69. The van der Waals surface area contributed by atoms with E-state index in [2.05, 4.69) is 5.32 Å². The molecule has 1 N–H and O–H groups in total. The first-order valence-electron chi connectivity index (χ1n) is 6.76. The van der Waals surface area contributed by atoms with Gasteiger partial charge in [-0.25, -0.2) is 0 Å². The first-order valence-corrected chi connectivity index (χ1v) is 6.76. The molecule has 0 spiro atoms. The number of nitrogens with one attached hydrogen (secondary N) is 1. The van der Waals surface area contributed by atoms with Crippen LogP contribution in [0, 0.1) is 5.92 Å². The van der Waals surface area contributed by atoms with Crippen molar-refractivity contribution in [1.82, 2.24) is 10.2 Å². The Hall–Kier alpha value is -1.10. The van der Waals surface area contributed by atoms with Crippen LogP contribution in [-0.4, -0.2) is 48.6 Å². The third-order valence-corrected chi connectivity index (χ3v) is 3.65. The third kappa shape index (κ3) is 3.02. The fourth-order valence-electron chi connectivity index (χ4n) is 2.59. The third-order valence-electron chi connectivity index (χ3n) is 3.65. The molecule has 5 heteroatoms. The van der Waals surface area contributed by atoms with E-state index in [-0.39, 0.29) is 29.9 Å². The van der Waals surface area contributed by atoms with E-state index in [9.17, 15) is 9.59 Å². The first kappa shape index (κ1) is 13.3. The van der Waals surface area contributed by atoms with Crippen molar-refractivity contribution in [2.75, 3.05) is 19.7 Å². The Morgan fingerprint density at radius 3 is 2.89 bits per heavy atom. The Balaban J connectivity index is 1.74. The second-order valence-electron chi connectivity index (χ2n) is 5.46. The SMILES string of the molecule is CC(C)N1CC(CNC(=O)C2CCCO2)CC1=O. The standard InChI is InChI=1S/C13H22N2O3/c1-9(2)15-8-10(6-12(15)16)7-14-13(17)11-4-3-5-18-11/h9-11H,3-8H2,1-2H3,(H,14,17). The molecule has 0 aromatic carbocycles. The quantitative estimate of drug-likeness (QED) is 0.796. The number of hydrogen-bond acceptors (Lipinski definition) is 3. The van der Waals surface area contributed by atoms with Crippen molar-refractivity contribution in [2.45, 2.75) is 45.3 Å². The lowest BCUT2D eigenvalue weighted by Crippen LogP contribution is -2.38. The van der Waals surface area contributed by atoms with E-state index in [1.807, 2.05) is 18.7 Å². The summed E-state index contributed by atoms with van der Waals surface area (Å²) in [6.45, 7) is 6.05. The van der Waals surface area contributed by atoms with Gasteiger partial charge in [0.2, 0.25) is 11.8 Å². The maximum atomic E-state index is 11.8. The number of nitrogens with zero attached hydrogens (tertiary/aromatic N) is 1. The molecule has 2 rings (SSSR count). The van der Waals surface area contributed by atoms with Crippen molar-refractivity contribution in [3.05, 3.63) is 0 Å². The van der Waals surface area contributed by atoms with E-state index < -0.39 is 0 Å². The first-order chi connectivity index (χ1) is 8.58. The highest BCUT2D eigenvalue weighted by molar-refractivity contribution is 5.81. The summed E-state index contributed by atoms with van der Waals surface area (Å²) in [4.78, 5) is 25.4. The molecule has 2 atom stereocenters.